The molecule has 3 heteroatoms. The molecule has 0 bridgehead atoms. The molecule has 0 radical (unpaired) electrons. The molecule has 0 aliphatic carbocycles. The van der Waals surface area contributed by atoms with Gasteiger partial charge in [-0.1, -0.05) is 6.08 Å². The molecule has 0 saturated carbocycles. The van der Waals surface area contributed by atoms with Gasteiger partial charge in [0.2, 0.25) is 0 Å². The van der Waals surface area contributed by atoms with Gasteiger partial charge in [0.05, 0.1) is 6.61 Å². The van der Waals surface area contributed by atoms with E-state index in [1.165, 1.54) is 0 Å². The summed E-state index contributed by atoms with van der Waals surface area (Å²) >= 11 is 0. The van der Waals surface area contributed by atoms with Crippen LogP contribution in [-0.4, -0.2) is 12.6 Å². The third-order valence-electron chi connectivity index (χ3n) is 1.81. The zero-order chi connectivity index (χ0) is 10.6. The van der Waals surface area contributed by atoms with Crippen LogP contribution in [0.15, 0.2) is 23.1 Å². The topological polar surface area (TPSA) is 39.4 Å². The van der Waals surface area contributed by atoms with Crippen LogP contribution < -0.4 is 0 Å². The molecule has 0 saturated heterocycles. The van der Waals surface area contributed by atoms with E-state index in [1.54, 1.807) is 26.0 Å². The van der Waals surface area contributed by atoms with Crippen LogP contribution in [0.1, 0.15) is 28.8 Å². The Morgan fingerprint density at radius 3 is 3.00 bits per heavy atom. The first-order valence-corrected chi connectivity index (χ1v) is 4.56. The first-order chi connectivity index (χ1) is 6.69. The Kier molecular flexibility index (Phi) is 3.51. The van der Waals surface area contributed by atoms with Gasteiger partial charge >= 0.3 is 5.97 Å². The summed E-state index contributed by atoms with van der Waals surface area (Å²) in [5.41, 5.74) is 0.503. The van der Waals surface area contributed by atoms with Crippen molar-refractivity contribution in [1.29, 1.82) is 0 Å². The minimum atomic E-state index is -0.330. The third kappa shape index (κ3) is 2.25. The fourth-order valence-corrected chi connectivity index (χ4v) is 1.20. The normalized spacial score (nSPS) is 9.86. The summed E-state index contributed by atoms with van der Waals surface area (Å²) in [4.78, 5) is 11.4. The first-order valence-electron chi connectivity index (χ1n) is 4.56. The highest BCUT2D eigenvalue weighted by molar-refractivity contribution is 5.90. The Bertz CT molecular complexity index is 336. The number of esters is 1. The van der Waals surface area contributed by atoms with E-state index in [0.29, 0.717) is 24.4 Å². The van der Waals surface area contributed by atoms with Gasteiger partial charge in [0.1, 0.15) is 17.1 Å². The minimum Gasteiger partial charge on any atom is -0.465 e. The van der Waals surface area contributed by atoms with Crippen LogP contribution in [-0.2, 0) is 11.2 Å². The van der Waals surface area contributed by atoms with Gasteiger partial charge in [-0.15, -0.1) is 6.58 Å². The third-order valence-corrected chi connectivity index (χ3v) is 1.81. The van der Waals surface area contributed by atoms with Gasteiger partial charge in [-0.05, 0) is 19.9 Å². The summed E-state index contributed by atoms with van der Waals surface area (Å²) in [6.07, 6.45) is 2.35. The lowest BCUT2D eigenvalue weighted by atomic mass is 10.2. The molecule has 0 aliphatic rings. The maximum Gasteiger partial charge on any atom is 0.341 e. The summed E-state index contributed by atoms with van der Waals surface area (Å²) in [5.74, 6) is 1.00. The molecule has 0 spiro atoms. The number of aryl methyl sites for hydroxylation is 1. The number of rotatable bonds is 4. The van der Waals surface area contributed by atoms with Crippen molar-refractivity contribution in [2.24, 2.45) is 0 Å². The van der Waals surface area contributed by atoms with Crippen molar-refractivity contribution in [2.75, 3.05) is 6.61 Å². The van der Waals surface area contributed by atoms with Gasteiger partial charge in [-0.2, -0.15) is 0 Å². The Morgan fingerprint density at radius 1 is 1.71 bits per heavy atom. The van der Waals surface area contributed by atoms with Gasteiger partial charge in [0, 0.05) is 6.42 Å². The quantitative estimate of drug-likeness (QED) is 0.546. The second kappa shape index (κ2) is 4.65. The summed E-state index contributed by atoms with van der Waals surface area (Å²) in [5, 5.41) is 0. The molecule has 0 unspecified atom stereocenters. The monoisotopic (exact) mass is 194 g/mol. The van der Waals surface area contributed by atoms with E-state index >= 15 is 0 Å². The van der Waals surface area contributed by atoms with E-state index in [-0.39, 0.29) is 5.97 Å². The van der Waals surface area contributed by atoms with Crippen molar-refractivity contribution in [3.8, 4) is 0 Å². The van der Waals surface area contributed by atoms with Crippen molar-refractivity contribution < 1.29 is 13.9 Å². The smallest absolute Gasteiger partial charge is 0.341 e. The predicted octanol–water partition coefficient (Wildman–Crippen LogP) is 2.49. The molecular formula is C11H14O3. The number of furan rings is 1. The lowest BCUT2D eigenvalue weighted by molar-refractivity contribution is 0.0524. The van der Waals surface area contributed by atoms with E-state index in [2.05, 4.69) is 6.58 Å². The van der Waals surface area contributed by atoms with E-state index in [1.807, 2.05) is 0 Å². The molecule has 0 atom stereocenters. The second-order valence-electron chi connectivity index (χ2n) is 2.90. The molecule has 1 heterocycles. The molecular weight excluding hydrogens is 180 g/mol. The van der Waals surface area contributed by atoms with Gasteiger partial charge in [0.15, 0.2) is 0 Å². The van der Waals surface area contributed by atoms with Crippen molar-refractivity contribution in [3.05, 3.63) is 35.8 Å². The summed E-state index contributed by atoms with van der Waals surface area (Å²) in [7, 11) is 0. The Hall–Kier alpha value is -1.51. The lowest BCUT2D eigenvalue weighted by Gasteiger charge is -1.97. The summed E-state index contributed by atoms with van der Waals surface area (Å²) in [6, 6.07) is 1.70. The fourth-order valence-electron chi connectivity index (χ4n) is 1.20. The van der Waals surface area contributed by atoms with Gasteiger partial charge in [-0.3, -0.25) is 0 Å². The van der Waals surface area contributed by atoms with Gasteiger partial charge in [0.25, 0.3) is 0 Å². The van der Waals surface area contributed by atoms with Crippen molar-refractivity contribution in [2.45, 2.75) is 20.3 Å². The van der Waals surface area contributed by atoms with Gasteiger partial charge < -0.3 is 9.15 Å². The van der Waals surface area contributed by atoms with Crippen LogP contribution in [0.3, 0.4) is 0 Å². The maximum absolute atomic E-state index is 11.4. The summed E-state index contributed by atoms with van der Waals surface area (Å²) in [6.45, 7) is 7.50. The van der Waals surface area contributed by atoms with E-state index < -0.39 is 0 Å². The largest absolute Gasteiger partial charge is 0.465 e. The van der Waals surface area contributed by atoms with E-state index in [0.717, 1.165) is 5.76 Å². The number of hydrogen-bond acceptors (Lipinski definition) is 3. The Balaban J connectivity index is 2.86. The fraction of sp³-hybridized carbons (Fsp3) is 0.364. The first kappa shape index (κ1) is 10.6. The molecule has 1 rings (SSSR count). The standard InChI is InChI=1S/C11H14O3/c1-4-6-9-7-10(8(3)14-9)11(12)13-5-2/h4,7H,1,5-6H2,2-3H3. The lowest BCUT2D eigenvalue weighted by Crippen LogP contribution is -2.04. The van der Waals surface area contributed by atoms with Gasteiger partial charge in [-0.25, -0.2) is 4.79 Å². The molecule has 0 N–H and O–H groups in total. The van der Waals surface area contributed by atoms with Crippen LogP contribution in [0.2, 0.25) is 0 Å². The van der Waals surface area contributed by atoms with Crippen LogP contribution in [0.4, 0.5) is 0 Å². The number of hydrogen-bond donors (Lipinski definition) is 0. The average Bonchev–Trinajstić information content (AvgIpc) is 2.48. The van der Waals surface area contributed by atoms with Crippen LogP contribution in [0.5, 0.6) is 0 Å². The Labute approximate surface area is 83.4 Å². The molecule has 0 aliphatic heterocycles. The highest BCUT2D eigenvalue weighted by atomic mass is 16.5. The van der Waals surface area contributed by atoms with Crippen LogP contribution in [0.25, 0.3) is 0 Å². The minimum absolute atomic E-state index is 0.330. The zero-order valence-corrected chi connectivity index (χ0v) is 8.50. The number of carbonyl (C=O) groups is 1. The zero-order valence-electron chi connectivity index (χ0n) is 8.50. The van der Waals surface area contributed by atoms with E-state index in [4.69, 9.17) is 9.15 Å². The number of carbonyl (C=O) groups excluding carboxylic acids is 1. The molecule has 1 aromatic rings. The molecule has 76 valence electrons. The maximum atomic E-state index is 11.4. The molecule has 0 amide bonds. The van der Waals surface area contributed by atoms with Crippen molar-refractivity contribution >= 4 is 5.97 Å². The summed E-state index contributed by atoms with van der Waals surface area (Å²) < 4.78 is 10.2. The molecule has 1 aromatic heterocycles. The SMILES string of the molecule is C=CCc1cc(C(=O)OCC)c(C)o1. The highest BCUT2D eigenvalue weighted by Crippen LogP contribution is 2.16. The molecule has 14 heavy (non-hydrogen) atoms. The second-order valence-corrected chi connectivity index (χ2v) is 2.90. The molecule has 3 nitrogen and oxygen atoms in total. The number of ether oxygens (including phenoxy) is 1. The Morgan fingerprint density at radius 2 is 2.43 bits per heavy atom. The predicted molar refractivity (Wildman–Crippen MR) is 53.3 cm³/mol. The van der Waals surface area contributed by atoms with Crippen molar-refractivity contribution in [1.82, 2.24) is 0 Å². The van der Waals surface area contributed by atoms with Crippen molar-refractivity contribution in [3.63, 3.8) is 0 Å². The van der Waals surface area contributed by atoms with Crippen LogP contribution >= 0.6 is 0 Å². The average molecular weight is 194 g/mol. The molecule has 0 fully saturated rings. The van der Waals surface area contributed by atoms with Crippen LogP contribution in [0, 0.1) is 6.92 Å². The van der Waals surface area contributed by atoms with E-state index in [9.17, 15) is 4.79 Å². The molecule has 0 aromatic carbocycles. The highest BCUT2D eigenvalue weighted by Gasteiger charge is 2.14. The number of allylic oxidation sites excluding steroid dienone is 1.